The highest BCUT2D eigenvalue weighted by atomic mass is 19.1. The van der Waals surface area contributed by atoms with E-state index < -0.39 is 0 Å². The van der Waals surface area contributed by atoms with Crippen LogP contribution in [0.25, 0.3) is 0 Å². The minimum absolute atomic E-state index is 0.230. The van der Waals surface area contributed by atoms with Crippen molar-refractivity contribution in [2.45, 2.75) is 58.2 Å². The Morgan fingerprint density at radius 2 is 1.50 bits per heavy atom. The van der Waals surface area contributed by atoms with Crippen molar-refractivity contribution in [2.75, 3.05) is 6.67 Å². The number of rotatable bonds is 5. The quantitative estimate of drug-likeness (QED) is 0.608. The van der Waals surface area contributed by atoms with Crippen LogP contribution in [-0.4, -0.2) is 25.0 Å². The van der Waals surface area contributed by atoms with Gasteiger partial charge in [-0.15, -0.1) is 0 Å². The van der Waals surface area contributed by atoms with E-state index in [1.807, 2.05) is 12.1 Å². The van der Waals surface area contributed by atoms with E-state index in [4.69, 9.17) is 9.31 Å². The van der Waals surface area contributed by atoms with Gasteiger partial charge in [0.05, 0.1) is 17.9 Å². The van der Waals surface area contributed by atoms with Gasteiger partial charge in [0.2, 0.25) is 0 Å². The van der Waals surface area contributed by atoms with Crippen LogP contribution in [0.15, 0.2) is 24.3 Å². The molecule has 0 unspecified atom stereocenters. The van der Waals surface area contributed by atoms with Crippen molar-refractivity contribution >= 4 is 12.6 Å². The molecule has 1 aromatic rings. The van der Waals surface area contributed by atoms with Gasteiger partial charge < -0.3 is 9.31 Å². The molecule has 0 N–H and O–H groups in total. The molecule has 0 atom stereocenters. The third-order valence-electron chi connectivity index (χ3n) is 4.35. The first-order chi connectivity index (χ1) is 9.36. The van der Waals surface area contributed by atoms with Gasteiger partial charge in [-0.2, -0.15) is 0 Å². The molecule has 1 aromatic carbocycles. The summed E-state index contributed by atoms with van der Waals surface area (Å²) >= 11 is 0. The Morgan fingerprint density at radius 1 is 0.950 bits per heavy atom. The minimum atomic E-state index is -0.308. The van der Waals surface area contributed by atoms with E-state index in [1.54, 1.807) is 0 Å². The Kier molecular flexibility index (Phi) is 4.55. The predicted molar refractivity (Wildman–Crippen MR) is 81.1 cm³/mol. The number of hydrogen-bond donors (Lipinski definition) is 0. The topological polar surface area (TPSA) is 18.5 Å². The molecule has 0 spiro atoms. The van der Waals surface area contributed by atoms with Crippen LogP contribution in [0.5, 0.6) is 0 Å². The maximum absolute atomic E-state index is 12.1. The summed E-state index contributed by atoms with van der Waals surface area (Å²) in [6.45, 7) is 7.99. The number of unbranched alkanes of at least 4 members (excludes halogenated alkanes) is 1. The SMILES string of the molecule is CC1(C)OB(c2ccc(CCCCF)cc2)OC1(C)C. The lowest BCUT2D eigenvalue weighted by molar-refractivity contribution is 0.00578. The maximum atomic E-state index is 12.1. The van der Waals surface area contributed by atoms with E-state index in [0.29, 0.717) is 6.42 Å². The fourth-order valence-corrected chi connectivity index (χ4v) is 2.24. The molecule has 110 valence electrons. The molecule has 1 heterocycles. The van der Waals surface area contributed by atoms with Gasteiger partial charge in [0, 0.05) is 0 Å². The van der Waals surface area contributed by atoms with Crippen molar-refractivity contribution in [3.8, 4) is 0 Å². The molecular weight excluding hydrogens is 254 g/mol. The molecule has 1 saturated heterocycles. The Morgan fingerprint density at radius 3 is 2.00 bits per heavy atom. The lowest BCUT2D eigenvalue weighted by Gasteiger charge is -2.32. The molecule has 0 bridgehead atoms. The molecule has 0 saturated carbocycles. The molecule has 4 heteroatoms. The van der Waals surface area contributed by atoms with E-state index >= 15 is 0 Å². The summed E-state index contributed by atoms with van der Waals surface area (Å²) in [6, 6.07) is 8.26. The molecule has 1 aliphatic rings. The van der Waals surface area contributed by atoms with Gasteiger partial charge in [-0.3, -0.25) is 4.39 Å². The second kappa shape index (κ2) is 5.86. The molecule has 0 radical (unpaired) electrons. The van der Waals surface area contributed by atoms with Gasteiger partial charge in [-0.25, -0.2) is 0 Å². The standard InChI is InChI=1S/C16H24BFO2/c1-15(2)16(3,4)20-17(19-15)14-10-8-13(9-11-14)7-5-6-12-18/h8-11H,5-7,12H2,1-4H3. The Bertz CT molecular complexity index is 426. The van der Waals surface area contributed by atoms with Crippen molar-refractivity contribution in [1.82, 2.24) is 0 Å². The van der Waals surface area contributed by atoms with Crippen molar-refractivity contribution < 1.29 is 13.7 Å². The van der Waals surface area contributed by atoms with Crippen LogP contribution in [0, 0.1) is 0 Å². The average molecular weight is 278 g/mol. The third kappa shape index (κ3) is 3.23. The lowest BCUT2D eigenvalue weighted by Crippen LogP contribution is -2.41. The second-order valence-electron chi connectivity index (χ2n) is 6.48. The van der Waals surface area contributed by atoms with Gasteiger partial charge in [-0.1, -0.05) is 24.3 Å². The summed E-state index contributed by atoms with van der Waals surface area (Å²) in [5.74, 6) is 0. The molecule has 0 aromatic heterocycles. The summed E-state index contributed by atoms with van der Waals surface area (Å²) in [5, 5.41) is 0. The fourth-order valence-electron chi connectivity index (χ4n) is 2.24. The van der Waals surface area contributed by atoms with E-state index in [-0.39, 0.29) is 25.0 Å². The summed E-state index contributed by atoms with van der Waals surface area (Å²) in [7, 11) is -0.306. The molecule has 0 aliphatic carbocycles. The molecule has 2 rings (SSSR count). The summed E-state index contributed by atoms with van der Waals surface area (Å²) < 4.78 is 24.1. The van der Waals surface area contributed by atoms with Crippen LogP contribution in [0.3, 0.4) is 0 Å². The number of aryl methyl sites for hydroxylation is 1. The van der Waals surface area contributed by atoms with Crippen LogP contribution in [0.1, 0.15) is 46.1 Å². The van der Waals surface area contributed by atoms with E-state index in [0.717, 1.165) is 18.3 Å². The van der Waals surface area contributed by atoms with E-state index in [2.05, 4.69) is 39.8 Å². The van der Waals surface area contributed by atoms with Gasteiger partial charge in [0.1, 0.15) is 0 Å². The van der Waals surface area contributed by atoms with Crippen molar-refractivity contribution in [1.29, 1.82) is 0 Å². The monoisotopic (exact) mass is 278 g/mol. The van der Waals surface area contributed by atoms with Crippen molar-refractivity contribution in [3.63, 3.8) is 0 Å². The summed E-state index contributed by atoms with van der Waals surface area (Å²) in [5.41, 5.74) is 1.66. The summed E-state index contributed by atoms with van der Waals surface area (Å²) in [6.07, 6.45) is 2.46. The Labute approximate surface area is 121 Å². The zero-order valence-electron chi connectivity index (χ0n) is 12.9. The average Bonchev–Trinajstić information content (AvgIpc) is 2.60. The number of halogens is 1. The summed E-state index contributed by atoms with van der Waals surface area (Å²) in [4.78, 5) is 0. The smallest absolute Gasteiger partial charge is 0.399 e. The normalized spacial score (nSPS) is 20.4. The number of hydrogen-bond acceptors (Lipinski definition) is 2. The number of alkyl halides is 1. The van der Waals surface area contributed by atoms with Crippen LogP contribution >= 0.6 is 0 Å². The third-order valence-corrected chi connectivity index (χ3v) is 4.35. The highest BCUT2D eigenvalue weighted by Gasteiger charge is 2.51. The first-order valence-corrected chi connectivity index (χ1v) is 7.36. The maximum Gasteiger partial charge on any atom is 0.494 e. The molecule has 1 aliphatic heterocycles. The highest BCUT2D eigenvalue weighted by Crippen LogP contribution is 2.36. The minimum Gasteiger partial charge on any atom is -0.399 e. The lowest BCUT2D eigenvalue weighted by atomic mass is 9.78. The van der Waals surface area contributed by atoms with Gasteiger partial charge in [0.25, 0.3) is 0 Å². The van der Waals surface area contributed by atoms with Gasteiger partial charge in [-0.05, 0) is 58.0 Å². The van der Waals surface area contributed by atoms with Crippen LogP contribution < -0.4 is 5.46 Å². The highest BCUT2D eigenvalue weighted by molar-refractivity contribution is 6.62. The zero-order chi connectivity index (χ0) is 14.8. The first-order valence-electron chi connectivity index (χ1n) is 7.36. The molecular formula is C16H24BFO2. The Hall–Kier alpha value is -0.865. The van der Waals surface area contributed by atoms with Crippen LogP contribution in [0.2, 0.25) is 0 Å². The second-order valence-corrected chi connectivity index (χ2v) is 6.48. The Balaban J connectivity index is 2.01. The van der Waals surface area contributed by atoms with E-state index in [1.165, 1.54) is 5.56 Å². The molecule has 1 fully saturated rings. The molecule has 0 amide bonds. The fraction of sp³-hybridized carbons (Fsp3) is 0.625. The predicted octanol–water partition coefficient (Wildman–Crippen LogP) is 3.28. The molecule has 20 heavy (non-hydrogen) atoms. The van der Waals surface area contributed by atoms with Gasteiger partial charge in [0.15, 0.2) is 0 Å². The van der Waals surface area contributed by atoms with Gasteiger partial charge >= 0.3 is 7.12 Å². The van der Waals surface area contributed by atoms with Crippen molar-refractivity contribution in [3.05, 3.63) is 29.8 Å². The number of benzene rings is 1. The van der Waals surface area contributed by atoms with Crippen LogP contribution in [0.4, 0.5) is 4.39 Å². The van der Waals surface area contributed by atoms with Crippen molar-refractivity contribution in [2.24, 2.45) is 0 Å². The zero-order valence-corrected chi connectivity index (χ0v) is 12.9. The first kappa shape index (κ1) is 15.5. The molecule has 2 nitrogen and oxygen atoms in total. The largest absolute Gasteiger partial charge is 0.494 e. The van der Waals surface area contributed by atoms with Crippen LogP contribution in [-0.2, 0) is 15.7 Å². The van der Waals surface area contributed by atoms with E-state index in [9.17, 15) is 4.39 Å².